The molecule has 0 aromatic carbocycles. The molecule has 0 fully saturated rings. The second-order valence-corrected chi connectivity index (χ2v) is 4.38. The Kier molecular flexibility index (Phi) is 4.87. The number of alkyl halides is 3. The van der Waals surface area contributed by atoms with Crippen molar-refractivity contribution in [1.82, 2.24) is 19.8 Å². The molecular formula is C10H15ClF3N5O. The molecule has 114 valence electrons. The molecule has 0 unspecified atom stereocenters. The summed E-state index contributed by atoms with van der Waals surface area (Å²) in [7, 11) is 3.00. The van der Waals surface area contributed by atoms with Gasteiger partial charge in [0.15, 0.2) is 5.82 Å². The molecule has 1 aliphatic heterocycles. The van der Waals surface area contributed by atoms with Gasteiger partial charge >= 0.3 is 12.2 Å². The van der Waals surface area contributed by atoms with Gasteiger partial charge in [0.25, 0.3) is 0 Å². The molecule has 0 radical (unpaired) electrons. The first kappa shape index (κ1) is 16.6. The first-order chi connectivity index (χ1) is 8.80. The highest BCUT2D eigenvalue weighted by atomic mass is 35.5. The summed E-state index contributed by atoms with van der Waals surface area (Å²) in [6.45, 7) is 0.856. The summed E-state index contributed by atoms with van der Waals surface area (Å²) < 4.78 is 39.7. The maximum atomic E-state index is 12.9. The van der Waals surface area contributed by atoms with Crippen molar-refractivity contribution in [2.24, 2.45) is 0 Å². The minimum Gasteiger partial charge on any atom is -0.331 e. The third kappa shape index (κ3) is 3.15. The van der Waals surface area contributed by atoms with Crippen molar-refractivity contribution in [3.05, 3.63) is 11.5 Å². The predicted molar refractivity (Wildman–Crippen MR) is 68.9 cm³/mol. The van der Waals surface area contributed by atoms with E-state index in [2.05, 4.69) is 15.6 Å². The maximum absolute atomic E-state index is 12.9. The summed E-state index contributed by atoms with van der Waals surface area (Å²) in [6, 6.07) is -0.514. The van der Waals surface area contributed by atoms with Crippen LogP contribution in [0.2, 0.25) is 0 Å². The maximum Gasteiger partial charge on any atom is 0.449 e. The fourth-order valence-corrected chi connectivity index (χ4v) is 1.83. The molecule has 1 aliphatic rings. The quantitative estimate of drug-likeness (QED) is 0.826. The molecule has 0 bridgehead atoms. The number of amides is 2. The molecule has 2 heterocycles. The van der Waals surface area contributed by atoms with Crippen LogP contribution in [-0.2, 0) is 19.3 Å². The Hall–Kier alpha value is -1.48. The Bertz CT molecular complexity index is 500. The van der Waals surface area contributed by atoms with Crippen LogP contribution in [0, 0.1) is 0 Å². The summed E-state index contributed by atoms with van der Waals surface area (Å²) in [5.74, 6) is -1.02. The molecule has 0 saturated heterocycles. The summed E-state index contributed by atoms with van der Waals surface area (Å²) in [6.07, 6.45) is -4.53. The Morgan fingerprint density at radius 3 is 2.65 bits per heavy atom. The van der Waals surface area contributed by atoms with Gasteiger partial charge in [0.1, 0.15) is 0 Å². The molecule has 0 aliphatic carbocycles. The third-order valence-corrected chi connectivity index (χ3v) is 2.76. The van der Waals surface area contributed by atoms with Gasteiger partial charge in [0, 0.05) is 33.7 Å². The molecule has 0 spiro atoms. The number of nitrogens with zero attached hydrogens (tertiary/aromatic N) is 3. The zero-order valence-electron chi connectivity index (χ0n) is 10.9. The number of rotatable bonds is 1. The van der Waals surface area contributed by atoms with Crippen molar-refractivity contribution in [2.75, 3.05) is 26.0 Å². The molecule has 2 rings (SSSR count). The third-order valence-electron chi connectivity index (χ3n) is 2.76. The van der Waals surface area contributed by atoms with Gasteiger partial charge in [-0.2, -0.15) is 13.2 Å². The van der Waals surface area contributed by atoms with E-state index >= 15 is 0 Å². The number of carbonyl (C=O) groups excluding carboxylic acids is 1. The van der Waals surface area contributed by atoms with E-state index in [1.54, 1.807) is 0 Å². The van der Waals surface area contributed by atoms with Crippen molar-refractivity contribution >= 4 is 24.3 Å². The standard InChI is InChI=1S/C10H14F3N5O.ClH/c1-17(2)9(19)16-7-6-5-14-3-4-18(6)8(15-7)10(11,12)13;/h14H,3-5H2,1-2H3,(H,16,19);1H. The highest BCUT2D eigenvalue weighted by molar-refractivity contribution is 5.88. The number of aromatic nitrogens is 2. The number of halogens is 4. The largest absolute Gasteiger partial charge is 0.449 e. The number of urea groups is 1. The van der Waals surface area contributed by atoms with Crippen LogP contribution in [0.3, 0.4) is 0 Å². The van der Waals surface area contributed by atoms with Crippen molar-refractivity contribution in [3.8, 4) is 0 Å². The number of fused-ring (bicyclic) bond motifs is 1. The molecular weight excluding hydrogens is 299 g/mol. The minimum absolute atomic E-state index is 0. The lowest BCUT2D eigenvalue weighted by Gasteiger charge is -2.19. The van der Waals surface area contributed by atoms with Gasteiger partial charge in [-0.15, -0.1) is 12.4 Å². The van der Waals surface area contributed by atoms with Gasteiger partial charge < -0.3 is 14.8 Å². The summed E-state index contributed by atoms with van der Waals surface area (Å²) >= 11 is 0. The van der Waals surface area contributed by atoms with E-state index in [0.29, 0.717) is 12.2 Å². The molecule has 1 aromatic heterocycles. The molecule has 0 saturated carbocycles. The highest BCUT2D eigenvalue weighted by Crippen LogP contribution is 2.32. The molecule has 0 atom stereocenters. The monoisotopic (exact) mass is 313 g/mol. The van der Waals surface area contributed by atoms with Gasteiger partial charge in [-0.05, 0) is 0 Å². The highest BCUT2D eigenvalue weighted by Gasteiger charge is 2.39. The van der Waals surface area contributed by atoms with E-state index in [1.165, 1.54) is 19.0 Å². The average Bonchev–Trinajstić information content (AvgIpc) is 2.68. The van der Waals surface area contributed by atoms with Gasteiger partial charge in [-0.1, -0.05) is 0 Å². The van der Waals surface area contributed by atoms with Crippen molar-refractivity contribution in [2.45, 2.75) is 19.3 Å². The Morgan fingerprint density at radius 1 is 1.45 bits per heavy atom. The van der Waals surface area contributed by atoms with Gasteiger partial charge in [-0.3, -0.25) is 5.32 Å². The van der Waals surface area contributed by atoms with E-state index in [9.17, 15) is 18.0 Å². The number of carbonyl (C=O) groups is 1. The van der Waals surface area contributed by atoms with E-state index in [0.717, 1.165) is 4.57 Å². The fourth-order valence-electron chi connectivity index (χ4n) is 1.83. The smallest absolute Gasteiger partial charge is 0.331 e. The van der Waals surface area contributed by atoms with E-state index in [-0.39, 0.29) is 31.3 Å². The Labute approximate surface area is 119 Å². The average molecular weight is 314 g/mol. The molecule has 20 heavy (non-hydrogen) atoms. The number of anilines is 1. The van der Waals surface area contributed by atoms with Gasteiger partial charge in [0.05, 0.1) is 5.69 Å². The lowest BCUT2D eigenvalue weighted by atomic mass is 10.3. The van der Waals surface area contributed by atoms with Gasteiger partial charge in [-0.25, -0.2) is 9.78 Å². The van der Waals surface area contributed by atoms with Gasteiger partial charge in [0.2, 0.25) is 5.82 Å². The van der Waals surface area contributed by atoms with Crippen LogP contribution in [-0.4, -0.2) is 41.1 Å². The first-order valence-electron chi connectivity index (χ1n) is 5.66. The van der Waals surface area contributed by atoms with Crippen LogP contribution in [0.15, 0.2) is 0 Å². The molecule has 2 amide bonds. The predicted octanol–water partition coefficient (Wildman–Crippen LogP) is 1.52. The van der Waals surface area contributed by atoms with Crippen LogP contribution < -0.4 is 10.6 Å². The zero-order valence-corrected chi connectivity index (χ0v) is 11.7. The number of nitrogens with one attached hydrogen (secondary N) is 2. The van der Waals surface area contributed by atoms with E-state index < -0.39 is 18.0 Å². The minimum atomic E-state index is -4.53. The van der Waals surface area contributed by atoms with E-state index in [4.69, 9.17) is 0 Å². The number of hydrogen-bond acceptors (Lipinski definition) is 3. The van der Waals surface area contributed by atoms with Crippen LogP contribution in [0.1, 0.15) is 11.5 Å². The van der Waals surface area contributed by atoms with Crippen LogP contribution in [0.5, 0.6) is 0 Å². The zero-order chi connectivity index (χ0) is 14.2. The summed E-state index contributed by atoms with van der Waals surface area (Å²) in [5, 5.41) is 5.33. The summed E-state index contributed by atoms with van der Waals surface area (Å²) in [5.41, 5.74) is 0.341. The molecule has 10 heteroatoms. The lowest BCUT2D eigenvalue weighted by Crippen LogP contribution is -2.32. The fraction of sp³-hybridized carbons (Fsp3) is 0.600. The van der Waals surface area contributed by atoms with Crippen LogP contribution in [0.25, 0.3) is 0 Å². The molecule has 6 nitrogen and oxygen atoms in total. The molecule has 2 N–H and O–H groups in total. The second-order valence-electron chi connectivity index (χ2n) is 4.38. The van der Waals surface area contributed by atoms with Crippen molar-refractivity contribution in [3.63, 3.8) is 0 Å². The Morgan fingerprint density at radius 2 is 2.10 bits per heavy atom. The van der Waals surface area contributed by atoms with E-state index in [1.807, 2.05) is 0 Å². The normalized spacial score (nSPS) is 14.2. The van der Waals surface area contributed by atoms with Crippen molar-refractivity contribution in [1.29, 1.82) is 0 Å². The first-order valence-corrected chi connectivity index (χ1v) is 5.66. The SMILES string of the molecule is CN(C)C(=O)Nc1nc(C(F)(F)F)n2c1CNCC2.Cl. The van der Waals surface area contributed by atoms with Crippen molar-refractivity contribution < 1.29 is 18.0 Å². The lowest BCUT2D eigenvalue weighted by molar-refractivity contribution is -0.147. The van der Waals surface area contributed by atoms with Crippen LogP contribution >= 0.6 is 12.4 Å². The van der Waals surface area contributed by atoms with Crippen LogP contribution in [0.4, 0.5) is 23.8 Å². The number of imidazole rings is 1. The Balaban J connectivity index is 0.00000200. The number of hydrogen-bond donors (Lipinski definition) is 2. The molecule has 1 aromatic rings. The topological polar surface area (TPSA) is 62.2 Å². The summed E-state index contributed by atoms with van der Waals surface area (Å²) in [4.78, 5) is 16.3. The second kappa shape index (κ2) is 5.88.